The largest absolute Gasteiger partial charge is 0.492 e. The van der Waals surface area contributed by atoms with Gasteiger partial charge in [0, 0.05) is 23.2 Å². The Kier molecular flexibility index (Phi) is 6.14. The molecule has 1 N–H and O–H groups in total. The Balaban J connectivity index is 1.99. The molecular formula is C14H19Cl2NOS. The molecule has 0 unspecified atom stereocenters. The molecule has 1 aliphatic carbocycles. The van der Waals surface area contributed by atoms with Crippen LogP contribution in [0, 0.1) is 0 Å². The minimum absolute atomic E-state index is 0.601. The fraction of sp³-hybridized carbons (Fsp3) is 0.571. The maximum Gasteiger partial charge on any atom is 0.142 e. The summed E-state index contributed by atoms with van der Waals surface area (Å²) in [4.78, 5) is 0. The molecule has 19 heavy (non-hydrogen) atoms. The van der Waals surface area contributed by atoms with E-state index in [1.54, 1.807) is 6.07 Å². The number of hydrogen-bond donors (Lipinski definition) is 1. The lowest BCUT2D eigenvalue weighted by Gasteiger charge is -2.14. The number of nitrogens with one attached hydrogen (secondary N) is 1. The van der Waals surface area contributed by atoms with Crippen molar-refractivity contribution in [1.82, 2.24) is 5.32 Å². The Labute approximate surface area is 129 Å². The minimum Gasteiger partial charge on any atom is -0.492 e. The van der Waals surface area contributed by atoms with Gasteiger partial charge in [-0.1, -0.05) is 23.2 Å². The van der Waals surface area contributed by atoms with Crippen LogP contribution >= 0.6 is 35.0 Å². The summed E-state index contributed by atoms with van der Waals surface area (Å²) in [6.45, 7) is 1.46. The lowest BCUT2D eigenvalue weighted by Crippen LogP contribution is -2.16. The van der Waals surface area contributed by atoms with Crippen LogP contribution in [0.5, 0.6) is 5.75 Å². The summed E-state index contributed by atoms with van der Waals surface area (Å²) < 4.78 is 5.83. The van der Waals surface area contributed by atoms with Crippen molar-refractivity contribution in [2.45, 2.75) is 31.8 Å². The van der Waals surface area contributed by atoms with Crippen molar-refractivity contribution in [3.63, 3.8) is 0 Å². The number of halogens is 2. The van der Waals surface area contributed by atoms with Crippen LogP contribution in [0.3, 0.4) is 0 Å². The van der Waals surface area contributed by atoms with Gasteiger partial charge in [0.05, 0.1) is 11.6 Å². The van der Waals surface area contributed by atoms with Crippen LogP contribution in [-0.2, 0) is 6.54 Å². The first-order valence-corrected chi connectivity index (χ1v) is 8.68. The standard InChI is InChI=1S/C14H19Cl2NOS/c1-19-6-2-5-18-14-10(9-17-12-3-4-12)7-11(15)8-13(14)16/h7-8,12,17H,2-6,9H2,1H3. The van der Waals surface area contributed by atoms with Gasteiger partial charge in [-0.3, -0.25) is 0 Å². The van der Waals surface area contributed by atoms with Gasteiger partial charge in [0.2, 0.25) is 0 Å². The summed E-state index contributed by atoms with van der Waals surface area (Å²) in [5.41, 5.74) is 1.05. The van der Waals surface area contributed by atoms with Crippen LogP contribution in [0.2, 0.25) is 10.0 Å². The molecule has 0 heterocycles. The van der Waals surface area contributed by atoms with E-state index >= 15 is 0 Å². The second-order valence-corrected chi connectivity index (χ2v) is 6.56. The van der Waals surface area contributed by atoms with Gasteiger partial charge in [-0.2, -0.15) is 11.8 Å². The number of thioether (sulfide) groups is 1. The first kappa shape index (κ1) is 15.3. The fourth-order valence-electron chi connectivity index (χ4n) is 1.83. The highest BCUT2D eigenvalue weighted by atomic mass is 35.5. The fourth-order valence-corrected chi connectivity index (χ4v) is 2.82. The van der Waals surface area contributed by atoms with Gasteiger partial charge in [0.15, 0.2) is 0 Å². The minimum atomic E-state index is 0.601. The molecular weight excluding hydrogens is 301 g/mol. The Morgan fingerprint density at radius 3 is 2.84 bits per heavy atom. The van der Waals surface area contributed by atoms with Crippen LogP contribution in [0.25, 0.3) is 0 Å². The predicted octanol–water partition coefficient (Wildman–Crippen LogP) is 4.38. The normalized spacial score (nSPS) is 14.7. The Hall–Kier alpha value is -0.0900. The molecule has 0 spiro atoms. The molecule has 0 aromatic heterocycles. The van der Waals surface area contributed by atoms with Gasteiger partial charge in [-0.15, -0.1) is 0 Å². The van der Waals surface area contributed by atoms with Crippen molar-refractivity contribution < 1.29 is 4.74 Å². The molecule has 2 nitrogen and oxygen atoms in total. The Bertz CT molecular complexity index is 424. The molecule has 1 aromatic rings. The highest BCUT2D eigenvalue weighted by Gasteiger charge is 2.21. The number of rotatable bonds is 8. The summed E-state index contributed by atoms with van der Waals surface area (Å²) >= 11 is 14.1. The van der Waals surface area contributed by atoms with Crippen molar-refractivity contribution in [2.24, 2.45) is 0 Å². The maximum atomic E-state index is 6.24. The van der Waals surface area contributed by atoms with Gasteiger partial charge in [0.25, 0.3) is 0 Å². The summed E-state index contributed by atoms with van der Waals surface area (Å²) in [7, 11) is 0. The smallest absolute Gasteiger partial charge is 0.142 e. The summed E-state index contributed by atoms with van der Waals surface area (Å²) in [5, 5.41) is 4.73. The van der Waals surface area contributed by atoms with E-state index in [0.29, 0.717) is 22.7 Å². The molecule has 2 rings (SSSR count). The summed E-state index contributed by atoms with van der Waals surface area (Å²) in [6, 6.07) is 4.34. The zero-order chi connectivity index (χ0) is 13.7. The second kappa shape index (κ2) is 7.63. The molecule has 1 aliphatic rings. The highest BCUT2D eigenvalue weighted by molar-refractivity contribution is 7.98. The molecule has 0 atom stereocenters. The molecule has 5 heteroatoms. The third-order valence-electron chi connectivity index (χ3n) is 2.98. The zero-order valence-electron chi connectivity index (χ0n) is 11.0. The Morgan fingerprint density at radius 2 is 2.16 bits per heavy atom. The van der Waals surface area contributed by atoms with Crippen molar-refractivity contribution >= 4 is 35.0 Å². The lowest BCUT2D eigenvalue weighted by molar-refractivity contribution is 0.315. The van der Waals surface area contributed by atoms with E-state index in [1.165, 1.54) is 12.8 Å². The zero-order valence-corrected chi connectivity index (χ0v) is 13.4. The highest BCUT2D eigenvalue weighted by Crippen LogP contribution is 2.33. The summed E-state index contributed by atoms with van der Waals surface area (Å²) in [5.74, 6) is 1.88. The van der Waals surface area contributed by atoms with Gasteiger partial charge < -0.3 is 10.1 Å². The molecule has 0 aliphatic heterocycles. The third kappa shape index (κ3) is 5.07. The third-order valence-corrected chi connectivity index (χ3v) is 4.18. The molecule has 0 amide bonds. The molecule has 1 aromatic carbocycles. The lowest BCUT2D eigenvalue weighted by atomic mass is 10.2. The van der Waals surface area contributed by atoms with Gasteiger partial charge >= 0.3 is 0 Å². The second-order valence-electron chi connectivity index (χ2n) is 4.73. The molecule has 106 valence electrons. The number of benzene rings is 1. The first-order valence-electron chi connectivity index (χ1n) is 6.53. The average molecular weight is 320 g/mol. The van der Waals surface area contributed by atoms with E-state index in [2.05, 4.69) is 11.6 Å². The Morgan fingerprint density at radius 1 is 1.37 bits per heavy atom. The molecule has 0 bridgehead atoms. The monoisotopic (exact) mass is 319 g/mol. The first-order chi connectivity index (χ1) is 9.20. The van der Waals surface area contributed by atoms with Gasteiger partial charge in [-0.25, -0.2) is 0 Å². The van der Waals surface area contributed by atoms with Crippen LogP contribution < -0.4 is 10.1 Å². The van der Waals surface area contributed by atoms with Crippen LogP contribution in [-0.4, -0.2) is 24.7 Å². The molecule has 0 saturated heterocycles. The van der Waals surface area contributed by atoms with E-state index in [1.807, 2.05) is 17.8 Å². The van der Waals surface area contributed by atoms with E-state index in [-0.39, 0.29) is 0 Å². The topological polar surface area (TPSA) is 21.3 Å². The van der Waals surface area contributed by atoms with E-state index in [9.17, 15) is 0 Å². The van der Waals surface area contributed by atoms with Crippen molar-refractivity contribution in [3.8, 4) is 5.75 Å². The van der Waals surface area contributed by atoms with Crippen LogP contribution in [0.1, 0.15) is 24.8 Å². The molecule has 1 fully saturated rings. The van der Waals surface area contributed by atoms with Crippen LogP contribution in [0.15, 0.2) is 12.1 Å². The molecule has 1 saturated carbocycles. The van der Waals surface area contributed by atoms with E-state index in [0.717, 1.165) is 30.0 Å². The number of ether oxygens (including phenoxy) is 1. The van der Waals surface area contributed by atoms with E-state index < -0.39 is 0 Å². The van der Waals surface area contributed by atoms with Crippen molar-refractivity contribution in [1.29, 1.82) is 0 Å². The van der Waals surface area contributed by atoms with Gasteiger partial charge in [0.1, 0.15) is 5.75 Å². The average Bonchev–Trinajstić information content (AvgIpc) is 3.18. The predicted molar refractivity (Wildman–Crippen MR) is 84.8 cm³/mol. The van der Waals surface area contributed by atoms with Crippen LogP contribution in [0.4, 0.5) is 0 Å². The van der Waals surface area contributed by atoms with Crippen molar-refractivity contribution in [2.75, 3.05) is 18.6 Å². The number of hydrogen-bond acceptors (Lipinski definition) is 3. The quantitative estimate of drug-likeness (QED) is 0.718. The van der Waals surface area contributed by atoms with Crippen molar-refractivity contribution in [3.05, 3.63) is 27.7 Å². The molecule has 0 radical (unpaired) electrons. The maximum absolute atomic E-state index is 6.24. The van der Waals surface area contributed by atoms with Gasteiger partial charge in [-0.05, 0) is 43.4 Å². The van der Waals surface area contributed by atoms with E-state index in [4.69, 9.17) is 27.9 Å². The summed E-state index contributed by atoms with van der Waals surface area (Å²) in [6.07, 6.45) is 5.65. The SMILES string of the molecule is CSCCCOc1c(Cl)cc(Cl)cc1CNC1CC1.